The number of hydrogen-bond donors (Lipinski definition) is 0. The van der Waals surface area contributed by atoms with E-state index < -0.39 is 0 Å². The van der Waals surface area contributed by atoms with Crippen LogP contribution in [0.2, 0.25) is 5.02 Å². The van der Waals surface area contributed by atoms with Gasteiger partial charge in [0.25, 0.3) is 5.19 Å². The average Bonchev–Trinajstić information content (AvgIpc) is 3.79. The lowest BCUT2D eigenvalue weighted by Crippen LogP contribution is -2.28. The van der Waals surface area contributed by atoms with E-state index in [2.05, 4.69) is 22.2 Å². The summed E-state index contributed by atoms with van der Waals surface area (Å²) in [4.78, 5) is 10.1. The molecule has 1 saturated heterocycles. The number of methoxy groups -OCH3 is 2. The fourth-order valence-electron chi connectivity index (χ4n) is 4.97. The smallest absolute Gasteiger partial charge is 0.294 e. The number of furan rings is 1. The van der Waals surface area contributed by atoms with Crippen molar-refractivity contribution in [2.24, 2.45) is 0 Å². The van der Waals surface area contributed by atoms with Crippen LogP contribution in [0.25, 0.3) is 27.4 Å². The largest absolute Gasteiger partial charge is 0.496 e. The first kappa shape index (κ1) is 25.3. The summed E-state index contributed by atoms with van der Waals surface area (Å²) < 4.78 is 30.9. The van der Waals surface area contributed by atoms with E-state index in [-0.39, 0.29) is 12.0 Å². The number of imidazole rings is 1. The summed E-state index contributed by atoms with van der Waals surface area (Å²) in [7, 11) is 3.20. The van der Waals surface area contributed by atoms with E-state index >= 15 is 0 Å². The minimum absolute atomic E-state index is 0.287. The zero-order valence-electron chi connectivity index (χ0n) is 21.5. The number of halogens is 1. The molecular formula is C28H23ClN4O5S2. The van der Waals surface area contributed by atoms with Gasteiger partial charge >= 0.3 is 0 Å². The molecule has 0 aliphatic carbocycles. The highest BCUT2D eigenvalue weighted by atomic mass is 35.5. The van der Waals surface area contributed by atoms with E-state index in [1.54, 1.807) is 36.3 Å². The first-order chi connectivity index (χ1) is 19.6. The van der Waals surface area contributed by atoms with Gasteiger partial charge in [0.2, 0.25) is 4.96 Å². The van der Waals surface area contributed by atoms with Crippen molar-refractivity contribution < 1.29 is 23.4 Å². The molecule has 0 saturated carbocycles. The third kappa shape index (κ3) is 4.29. The van der Waals surface area contributed by atoms with Crippen molar-refractivity contribution in [1.29, 1.82) is 0 Å². The molecule has 0 spiro atoms. The van der Waals surface area contributed by atoms with Gasteiger partial charge in [-0.25, -0.2) is 9.97 Å². The molecule has 1 unspecified atom stereocenters. The molecule has 2 aromatic carbocycles. The van der Waals surface area contributed by atoms with Crippen LogP contribution in [0.5, 0.6) is 16.7 Å². The summed E-state index contributed by atoms with van der Waals surface area (Å²) in [6.07, 6.45) is 2.59. The maximum absolute atomic E-state index is 6.32. The van der Waals surface area contributed by atoms with Gasteiger partial charge in [-0.1, -0.05) is 23.7 Å². The lowest BCUT2D eigenvalue weighted by atomic mass is 9.80. The lowest BCUT2D eigenvalue weighted by molar-refractivity contribution is 0.184. The van der Waals surface area contributed by atoms with Gasteiger partial charge in [0, 0.05) is 29.1 Å². The Kier molecular flexibility index (Phi) is 6.38. The van der Waals surface area contributed by atoms with Gasteiger partial charge in [0.05, 0.1) is 43.5 Å². The second kappa shape index (κ2) is 10.1. The highest BCUT2D eigenvalue weighted by molar-refractivity contribution is 7.18. The van der Waals surface area contributed by atoms with Crippen molar-refractivity contribution in [3.63, 3.8) is 0 Å². The molecule has 1 aliphatic rings. The number of fused-ring (bicyclic) bond motifs is 2. The summed E-state index contributed by atoms with van der Waals surface area (Å²) in [5.41, 5.74) is 3.05. The van der Waals surface area contributed by atoms with Crippen molar-refractivity contribution in [2.75, 3.05) is 27.4 Å². The predicted octanol–water partition coefficient (Wildman–Crippen LogP) is 6.62. The molecule has 204 valence electrons. The summed E-state index contributed by atoms with van der Waals surface area (Å²) in [5, 5.41) is 9.55. The average molecular weight is 595 g/mol. The van der Waals surface area contributed by atoms with Gasteiger partial charge in [-0.3, -0.25) is 0 Å². The van der Waals surface area contributed by atoms with Crippen LogP contribution < -0.4 is 14.2 Å². The van der Waals surface area contributed by atoms with Gasteiger partial charge in [-0.05, 0) is 41.5 Å². The van der Waals surface area contributed by atoms with Crippen LogP contribution in [0.4, 0.5) is 0 Å². The Labute approximate surface area is 241 Å². The molecule has 6 aromatic rings. The number of rotatable bonds is 8. The Morgan fingerprint density at radius 3 is 2.77 bits per heavy atom. The Bertz CT molecular complexity index is 1820. The zero-order chi connectivity index (χ0) is 27.3. The van der Waals surface area contributed by atoms with Gasteiger partial charge in [0.1, 0.15) is 34.4 Å². The minimum Gasteiger partial charge on any atom is -0.496 e. The molecule has 1 aliphatic heterocycles. The standard InChI is InChI=1S/C28H23ClN4O5S2/c1-34-19-9-22(20-11-24(38-23(20)10-19)21-12-30-26-33(21)32-27(35-2)40-26)37-13-18-14-39-25(31-18)28(7-8-36-15-28)16-3-5-17(29)6-4-16/h3-6,9-12,14H,7-8,13,15H2,1-2H3. The summed E-state index contributed by atoms with van der Waals surface area (Å²) in [5.74, 6) is 1.86. The van der Waals surface area contributed by atoms with Crippen LogP contribution >= 0.6 is 34.3 Å². The molecular weight excluding hydrogens is 572 g/mol. The maximum Gasteiger partial charge on any atom is 0.294 e. The molecule has 5 heterocycles. The minimum atomic E-state index is -0.287. The fraction of sp³-hybridized carbons (Fsp3) is 0.250. The van der Waals surface area contributed by atoms with E-state index in [1.807, 2.05) is 35.7 Å². The van der Waals surface area contributed by atoms with Crippen LogP contribution in [0.3, 0.4) is 0 Å². The highest BCUT2D eigenvalue weighted by Crippen LogP contribution is 2.42. The van der Waals surface area contributed by atoms with Crippen LogP contribution in [0, 0.1) is 0 Å². The number of aromatic nitrogens is 4. The van der Waals surface area contributed by atoms with Crippen molar-refractivity contribution in [2.45, 2.75) is 18.4 Å². The second-order valence-electron chi connectivity index (χ2n) is 9.38. The number of hydrogen-bond acceptors (Lipinski definition) is 10. The van der Waals surface area contributed by atoms with E-state index in [9.17, 15) is 0 Å². The summed E-state index contributed by atoms with van der Waals surface area (Å²) >= 11 is 9.13. The van der Waals surface area contributed by atoms with Crippen LogP contribution in [-0.4, -0.2) is 47.0 Å². The fourth-order valence-corrected chi connectivity index (χ4v) is 6.83. The highest BCUT2D eigenvalue weighted by Gasteiger charge is 2.41. The topological polar surface area (TPSA) is 93.1 Å². The third-order valence-electron chi connectivity index (χ3n) is 7.06. The quantitative estimate of drug-likeness (QED) is 0.194. The first-order valence-electron chi connectivity index (χ1n) is 12.5. The molecule has 12 heteroatoms. The maximum atomic E-state index is 6.32. The Morgan fingerprint density at radius 2 is 2.00 bits per heavy atom. The zero-order valence-corrected chi connectivity index (χ0v) is 23.9. The number of ether oxygens (including phenoxy) is 4. The lowest BCUT2D eigenvalue weighted by Gasteiger charge is -2.25. The van der Waals surface area contributed by atoms with E-state index in [0.717, 1.165) is 28.1 Å². The van der Waals surface area contributed by atoms with Gasteiger partial charge in [-0.2, -0.15) is 4.52 Å². The first-order valence-corrected chi connectivity index (χ1v) is 14.6. The van der Waals surface area contributed by atoms with Crippen molar-refractivity contribution in [1.82, 2.24) is 19.6 Å². The van der Waals surface area contributed by atoms with Crippen LogP contribution in [0.1, 0.15) is 22.7 Å². The molecule has 0 N–H and O–H groups in total. The summed E-state index contributed by atoms with van der Waals surface area (Å²) in [6.45, 7) is 1.57. The molecule has 9 nitrogen and oxygen atoms in total. The summed E-state index contributed by atoms with van der Waals surface area (Å²) in [6, 6.07) is 13.6. The number of nitrogens with zero attached hydrogens (tertiary/aromatic N) is 4. The molecule has 40 heavy (non-hydrogen) atoms. The van der Waals surface area contributed by atoms with Crippen molar-refractivity contribution in [3.8, 4) is 28.1 Å². The van der Waals surface area contributed by atoms with E-state index in [4.69, 9.17) is 39.9 Å². The molecule has 7 rings (SSSR count). The monoisotopic (exact) mass is 594 g/mol. The second-order valence-corrected chi connectivity index (χ2v) is 11.6. The molecule has 0 radical (unpaired) electrons. The Hall–Kier alpha value is -3.64. The van der Waals surface area contributed by atoms with E-state index in [1.165, 1.54) is 11.3 Å². The molecule has 1 atom stereocenters. The number of benzene rings is 2. The molecule has 1 fully saturated rings. The SMILES string of the molecule is COc1cc(OCc2csc(C3(c4ccc(Cl)cc4)CCOC3)n2)c2cc(-c3cnc4sc(OC)nn34)oc2c1. The normalized spacial score (nSPS) is 17.2. The predicted molar refractivity (Wildman–Crippen MR) is 153 cm³/mol. The van der Waals surface area contributed by atoms with Crippen molar-refractivity contribution >= 4 is 50.2 Å². The van der Waals surface area contributed by atoms with Gasteiger partial charge < -0.3 is 23.4 Å². The molecule has 4 aromatic heterocycles. The van der Waals surface area contributed by atoms with E-state index in [0.29, 0.717) is 56.9 Å². The third-order valence-corrected chi connectivity index (χ3v) is 9.29. The van der Waals surface area contributed by atoms with Gasteiger partial charge in [-0.15, -0.1) is 16.4 Å². The molecule has 0 amide bonds. The Morgan fingerprint density at radius 1 is 1.12 bits per heavy atom. The number of thiazole rings is 1. The van der Waals surface area contributed by atoms with Gasteiger partial charge in [0.15, 0.2) is 5.76 Å². The Balaban J connectivity index is 1.19. The molecule has 0 bridgehead atoms. The van der Waals surface area contributed by atoms with Crippen LogP contribution in [-0.2, 0) is 16.8 Å². The van der Waals surface area contributed by atoms with Crippen LogP contribution in [0.15, 0.2) is 58.5 Å². The van der Waals surface area contributed by atoms with Crippen molar-refractivity contribution in [3.05, 3.63) is 75.3 Å².